The van der Waals surface area contributed by atoms with Crippen LogP contribution < -0.4 is 16.0 Å². The van der Waals surface area contributed by atoms with Crippen molar-refractivity contribution in [2.75, 3.05) is 16.0 Å². The minimum atomic E-state index is -1.05. The Morgan fingerprint density at radius 2 is 0.782 bits per heavy atom. The van der Waals surface area contributed by atoms with Crippen LogP contribution in [0.4, 0.5) is 17.1 Å². The SMILES string of the molecule is CC(=O)c1ccc(NC(=O)C(C)C(C)C(=O)O)cc1.CC(C(=O)O)C(C)C(=O)Nc1ccc(C(=O)O)cc1.CC(C(=O)O)C(C)C(=O)Nc1ccccc1O. The van der Waals surface area contributed by atoms with Crippen molar-refractivity contribution in [3.05, 3.63) is 83.9 Å². The maximum atomic E-state index is 11.8. The number of phenolic OH excluding ortho intramolecular Hbond substituents is 1. The molecular formula is C39H47N3O13. The molecule has 0 aliphatic heterocycles. The number of Topliss-reactive ketones (excluding diaryl/α,β-unsaturated/α-hetero) is 1. The number of aliphatic carboxylic acids is 3. The number of para-hydroxylation sites is 2. The number of aromatic carboxylic acids is 1. The number of benzene rings is 3. The summed E-state index contributed by atoms with van der Waals surface area (Å²) in [5, 5.41) is 52.3. The first-order valence-corrected chi connectivity index (χ1v) is 16.9. The number of carboxylic acid groups (broad SMARTS) is 4. The third-order valence-electron chi connectivity index (χ3n) is 8.78. The Labute approximate surface area is 317 Å². The minimum Gasteiger partial charge on any atom is -0.506 e. The van der Waals surface area contributed by atoms with Gasteiger partial charge in [-0.25, -0.2) is 4.79 Å². The number of ketones is 1. The second kappa shape index (κ2) is 21.8. The molecule has 0 aliphatic rings. The second-order valence-electron chi connectivity index (χ2n) is 12.7. The van der Waals surface area contributed by atoms with Gasteiger partial charge in [-0.15, -0.1) is 0 Å². The van der Waals surface area contributed by atoms with Gasteiger partial charge in [-0.05, 0) is 67.6 Å². The molecule has 6 unspecified atom stereocenters. The van der Waals surface area contributed by atoms with Crippen molar-refractivity contribution in [2.45, 2.75) is 48.5 Å². The molecule has 0 aromatic heterocycles. The van der Waals surface area contributed by atoms with Crippen LogP contribution in [0, 0.1) is 35.5 Å². The molecule has 8 N–H and O–H groups in total. The Hall–Kier alpha value is -6.58. The number of nitrogens with one attached hydrogen (secondary N) is 3. The number of carbonyl (C=O) groups excluding carboxylic acids is 4. The summed E-state index contributed by atoms with van der Waals surface area (Å²) >= 11 is 0. The van der Waals surface area contributed by atoms with E-state index < -0.39 is 71.2 Å². The zero-order valence-corrected chi connectivity index (χ0v) is 31.4. The predicted octanol–water partition coefficient (Wildman–Crippen LogP) is 5.55. The van der Waals surface area contributed by atoms with Crippen LogP contribution in [-0.2, 0) is 28.8 Å². The van der Waals surface area contributed by atoms with Gasteiger partial charge in [-0.2, -0.15) is 0 Å². The van der Waals surface area contributed by atoms with Crippen LogP contribution in [0.5, 0.6) is 5.75 Å². The number of anilines is 3. The van der Waals surface area contributed by atoms with Gasteiger partial charge in [0, 0.05) is 34.7 Å². The lowest BCUT2D eigenvalue weighted by atomic mass is 9.95. The largest absolute Gasteiger partial charge is 0.506 e. The van der Waals surface area contributed by atoms with E-state index in [4.69, 9.17) is 20.4 Å². The van der Waals surface area contributed by atoms with Crippen molar-refractivity contribution in [3.8, 4) is 5.75 Å². The molecule has 0 bridgehead atoms. The normalized spacial score (nSPS) is 13.5. The van der Waals surface area contributed by atoms with Crippen molar-refractivity contribution in [1.29, 1.82) is 0 Å². The van der Waals surface area contributed by atoms with E-state index in [1.165, 1.54) is 71.9 Å². The third kappa shape index (κ3) is 15.1. The average Bonchev–Trinajstić information content (AvgIpc) is 3.14. The highest BCUT2D eigenvalue weighted by molar-refractivity contribution is 5.98. The summed E-state index contributed by atoms with van der Waals surface area (Å²) in [5.41, 5.74) is 1.93. The summed E-state index contributed by atoms with van der Waals surface area (Å²) in [6, 6.07) is 18.4. The minimum absolute atomic E-state index is 0.0453. The Morgan fingerprint density at radius 3 is 1.09 bits per heavy atom. The molecule has 0 fully saturated rings. The summed E-state index contributed by atoms with van der Waals surface area (Å²) in [6.45, 7) is 10.5. The summed E-state index contributed by atoms with van der Waals surface area (Å²) in [6.07, 6.45) is 0. The Morgan fingerprint density at radius 1 is 0.455 bits per heavy atom. The number of carboxylic acids is 4. The topological polar surface area (TPSA) is 274 Å². The fourth-order valence-corrected chi connectivity index (χ4v) is 4.15. The number of amides is 3. The van der Waals surface area contributed by atoms with Crippen LogP contribution in [0.25, 0.3) is 0 Å². The fraction of sp³-hybridized carbons (Fsp3) is 0.333. The first-order valence-electron chi connectivity index (χ1n) is 16.9. The highest BCUT2D eigenvalue weighted by Crippen LogP contribution is 2.23. The number of carbonyl (C=O) groups is 8. The summed E-state index contributed by atoms with van der Waals surface area (Å²) in [7, 11) is 0. The molecular weight excluding hydrogens is 718 g/mol. The van der Waals surface area contributed by atoms with Crippen LogP contribution in [0.3, 0.4) is 0 Å². The van der Waals surface area contributed by atoms with Crippen LogP contribution in [0.2, 0.25) is 0 Å². The number of phenols is 1. The van der Waals surface area contributed by atoms with E-state index in [1.807, 2.05) is 0 Å². The predicted molar refractivity (Wildman–Crippen MR) is 202 cm³/mol. The van der Waals surface area contributed by atoms with Gasteiger partial charge >= 0.3 is 23.9 Å². The Balaban J connectivity index is 0.000000413. The van der Waals surface area contributed by atoms with E-state index in [2.05, 4.69) is 16.0 Å². The monoisotopic (exact) mass is 765 g/mol. The van der Waals surface area contributed by atoms with Crippen molar-refractivity contribution in [3.63, 3.8) is 0 Å². The van der Waals surface area contributed by atoms with Crippen molar-refractivity contribution in [1.82, 2.24) is 0 Å². The van der Waals surface area contributed by atoms with Crippen molar-refractivity contribution >= 4 is 64.4 Å². The van der Waals surface area contributed by atoms with Gasteiger partial charge in [0.1, 0.15) is 5.75 Å². The molecule has 6 atom stereocenters. The summed E-state index contributed by atoms with van der Waals surface area (Å²) in [4.78, 5) is 89.4. The first kappa shape index (κ1) is 46.4. The molecule has 0 heterocycles. The van der Waals surface area contributed by atoms with Crippen LogP contribution in [0.1, 0.15) is 69.2 Å². The number of rotatable bonds is 14. The second-order valence-corrected chi connectivity index (χ2v) is 12.7. The smallest absolute Gasteiger partial charge is 0.335 e. The van der Waals surface area contributed by atoms with Crippen LogP contribution in [-0.4, -0.2) is 72.9 Å². The maximum Gasteiger partial charge on any atom is 0.335 e. The summed E-state index contributed by atoms with van der Waals surface area (Å²) in [5.74, 6) is -9.73. The average molecular weight is 766 g/mol. The molecule has 3 aromatic rings. The molecule has 55 heavy (non-hydrogen) atoms. The Kier molecular flexibility index (Phi) is 18.4. The zero-order chi connectivity index (χ0) is 42.2. The van der Waals surface area contributed by atoms with Gasteiger partial charge in [0.15, 0.2) is 5.78 Å². The van der Waals surface area contributed by atoms with Gasteiger partial charge in [0.2, 0.25) is 17.7 Å². The number of aromatic hydroxyl groups is 1. The molecule has 3 aromatic carbocycles. The molecule has 16 nitrogen and oxygen atoms in total. The third-order valence-corrected chi connectivity index (χ3v) is 8.78. The lowest BCUT2D eigenvalue weighted by Gasteiger charge is -2.16. The molecule has 0 radical (unpaired) electrons. The van der Waals surface area contributed by atoms with Gasteiger partial charge in [0.05, 0.1) is 29.0 Å². The van der Waals surface area contributed by atoms with Gasteiger partial charge in [0.25, 0.3) is 0 Å². The first-order chi connectivity index (χ1) is 25.6. The maximum absolute atomic E-state index is 11.8. The lowest BCUT2D eigenvalue weighted by molar-refractivity contribution is -0.145. The Bertz CT molecular complexity index is 1750. The van der Waals surface area contributed by atoms with Crippen LogP contribution in [0.15, 0.2) is 72.8 Å². The summed E-state index contributed by atoms with van der Waals surface area (Å²) < 4.78 is 0. The number of hydrogen-bond donors (Lipinski definition) is 8. The highest BCUT2D eigenvalue weighted by atomic mass is 16.4. The van der Waals surface area contributed by atoms with E-state index in [0.717, 1.165) is 0 Å². The molecule has 3 amide bonds. The molecule has 16 heteroatoms. The quantitative estimate of drug-likeness (QED) is 0.0739. The number of hydrogen-bond acceptors (Lipinski definition) is 9. The van der Waals surface area contributed by atoms with Gasteiger partial charge < -0.3 is 41.5 Å². The van der Waals surface area contributed by atoms with Gasteiger partial charge in [-0.1, -0.05) is 53.7 Å². The highest BCUT2D eigenvalue weighted by Gasteiger charge is 2.28. The molecule has 0 saturated carbocycles. The van der Waals surface area contributed by atoms with Crippen molar-refractivity contribution in [2.24, 2.45) is 35.5 Å². The molecule has 0 saturated heterocycles. The lowest BCUT2D eigenvalue weighted by Crippen LogP contribution is -2.29. The van der Waals surface area contributed by atoms with Crippen LogP contribution >= 0.6 is 0 Å². The standard InChI is InChI=1S/C14H17NO4.C13H15NO5.C12H15NO4/c1-8(9(2)14(18)19)13(17)15-12-6-4-11(5-7-12)10(3)16;1-7(8(2)12(16)17)11(15)14-10-5-3-9(4-6-10)13(18)19;1-7(8(2)12(16)17)11(15)13-9-5-3-4-6-10(9)14/h4-9H,1-3H3,(H,15,17)(H,18,19);3-8H,1-2H3,(H,14,15)(H,16,17)(H,18,19);3-8,14H,1-2H3,(H,13,15)(H,16,17). The molecule has 0 aliphatic carbocycles. The van der Waals surface area contributed by atoms with Gasteiger partial charge in [-0.3, -0.25) is 33.6 Å². The molecule has 0 spiro atoms. The van der Waals surface area contributed by atoms with E-state index >= 15 is 0 Å². The van der Waals surface area contributed by atoms with E-state index in [-0.39, 0.29) is 28.7 Å². The van der Waals surface area contributed by atoms with E-state index in [0.29, 0.717) is 16.9 Å². The van der Waals surface area contributed by atoms with E-state index in [9.17, 15) is 43.5 Å². The molecule has 3 rings (SSSR count). The van der Waals surface area contributed by atoms with Crippen molar-refractivity contribution < 1.29 is 63.9 Å². The molecule has 296 valence electrons. The zero-order valence-electron chi connectivity index (χ0n) is 31.4. The van der Waals surface area contributed by atoms with E-state index in [1.54, 1.807) is 49.4 Å². The fourth-order valence-electron chi connectivity index (χ4n) is 4.15.